The summed E-state index contributed by atoms with van der Waals surface area (Å²) in [5.74, 6) is -1.35. The third-order valence-corrected chi connectivity index (χ3v) is 3.68. The average molecular weight is 313 g/mol. The van der Waals surface area contributed by atoms with Gasteiger partial charge in [-0.1, -0.05) is 48.0 Å². The highest BCUT2D eigenvalue weighted by molar-refractivity contribution is 6.35. The predicted molar refractivity (Wildman–Crippen MR) is 70.6 cm³/mol. The number of fused-ring (bicyclic) bond motifs is 1. The zero-order valence-electron chi connectivity index (χ0n) is 10.4. The highest BCUT2D eigenvalue weighted by Gasteiger charge is 2.67. The van der Waals surface area contributed by atoms with Crippen LogP contribution in [0, 0.1) is 0 Å². The maximum atomic E-state index is 13.7. The van der Waals surface area contributed by atoms with Crippen LogP contribution in [0.5, 0.6) is 5.75 Å². The van der Waals surface area contributed by atoms with Crippen molar-refractivity contribution in [1.29, 1.82) is 0 Å². The molecule has 108 valence electrons. The first-order chi connectivity index (χ1) is 9.88. The Labute approximate surface area is 123 Å². The van der Waals surface area contributed by atoms with Crippen molar-refractivity contribution in [2.24, 2.45) is 0 Å². The van der Waals surface area contributed by atoms with Crippen molar-refractivity contribution in [1.82, 2.24) is 0 Å². The third kappa shape index (κ3) is 1.84. The largest absolute Gasteiger partial charge is 0.464 e. The minimum absolute atomic E-state index is 0.0560. The van der Waals surface area contributed by atoms with Crippen LogP contribution in [0.3, 0.4) is 0 Å². The lowest BCUT2D eigenvalue weighted by atomic mass is 9.87. The number of benzene rings is 2. The molecule has 6 heteroatoms. The lowest BCUT2D eigenvalue weighted by Gasteiger charge is -2.29. The summed E-state index contributed by atoms with van der Waals surface area (Å²) in [6, 6.07) is 10.9. The summed E-state index contributed by atoms with van der Waals surface area (Å²) in [6.45, 7) is 0. The van der Waals surface area contributed by atoms with E-state index in [1.165, 1.54) is 42.5 Å². The van der Waals surface area contributed by atoms with Crippen molar-refractivity contribution in [3.05, 3.63) is 64.7 Å². The first kappa shape index (κ1) is 13.9. The molecule has 0 radical (unpaired) electrons. The SMILES string of the molecule is O=C1c2c(Cl)cccc2OC1(c1ccccc1)C(F)(F)F. The summed E-state index contributed by atoms with van der Waals surface area (Å²) in [5.41, 5.74) is -3.54. The summed E-state index contributed by atoms with van der Waals surface area (Å²) in [5, 5.41) is -0.0560. The normalized spacial score (nSPS) is 21.0. The summed E-state index contributed by atoms with van der Waals surface area (Å²) >= 11 is 5.86. The Morgan fingerprint density at radius 2 is 1.67 bits per heavy atom. The molecule has 0 spiro atoms. The topological polar surface area (TPSA) is 26.3 Å². The second-order valence-electron chi connectivity index (χ2n) is 4.59. The van der Waals surface area contributed by atoms with Crippen LogP contribution in [0.25, 0.3) is 0 Å². The molecule has 1 atom stereocenters. The molecule has 1 aliphatic heterocycles. The Morgan fingerprint density at radius 1 is 1.00 bits per heavy atom. The second-order valence-corrected chi connectivity index (χ2v) is 5.00. The molecule has 3 rings (SSSR count). The fourth-order valence-electron chi connectivity index (χ4n) is 2.41. The van der Waals surface area contributed by atoms with Crippen LogP contribution in [-0.4, -0.2) is 12.0 Å². The smallest absolute Gasteiger partial charge is 0.440 e. The Hall–Kier alpha value is -2.01. The van der Waals surface area contributed by atoms with Crippen molar-refractivity contribution in [2.45, 2.75) is 11.8 Å². The quantitative estimate of drug-likeness (QED) is 0.781. The van der Waals surface area contributed by atoms with Gasteiger partial charge in [0.1, 0.15) is 5.75 Å². The molecule has 2 nitrogen and oxygen atoms in total. The van der Waals surface area contributed by atoms with Gasteiger partial charge in [-0.05, 0) is 12.1 Å². The zero-order valence-corrected chi connectivity index (χ0v) is 11.2. The van der Waals surface area contributed by atoms with Gasteiger partial charge in [-0.3, -0.25) is 4.79 Å². The molecular formula is C15H8ClF3O2. The molecule has 1 aliphatic rings. The molecule has 0 saturated carbocycles. The molecule has 1 heterocycles. The van der Waals surface area contributed by atoms with Crippen LogP contribution in [0.15, 0.2) is 48.5 Å². The number of hydrogen-bond acceptors (Lipinski definition) is 2. The van der Waals surface area contributed by atoms with Crippen molar-refractivity contribution < 1.29 is 22.7 Å². The van der Waals surface area contributed by atoms with Gasteiger partial charge >= 0.3 is 6.18 Å². The number of halogens is 4. The summed E-state index contributed by atoms with van der Waals surface area (Å²) in [4.78, 5) is 12.5. The number of ether oxygens (including phenoxy) is 1. The minimum Gasteiger partial charge on any atom is -0.464 e. The molecule has 2 aromatic carbocycles. The Bertz CT molecular complexity index is 713. The molecule has 21 heavy (non-hydrogen) atoms. The molecule has 0 bridgehead atoms. The van der Waals surface area contributed by atoms with Gasteiger partial charge in [-0.15, -0.1) is 0 Å². The second kappa shape index (κ2) is 4.49. The van der Waals surface area contributed by atoms with E-state index >= 15 is 0 Å². The molecule has 0 aliphatic carbocycles. The molecule has 0 amide bonds. The number of carbonyl (C=O) groups excluding carboxylic acids is 1. The maximum Gasteiger partial charge on any atom is 0.440 e. The van der Waals surface area contributed by atoms with Gasteiger partial charge in [0.2, 0.25) is 5.78 Å². The van der Waals surface area contributed by atoms with E-state index in [2.05, 4.69) is 0 Å². The number of hydrogen-bond donors (Lipinski definition) is 0. The van der Waals surface area contributed by atoms with Crippen LogP contribution in [0.1, 0.15) is 15.9 Å². The summed E-state index contributed by atoms with van der Waals surface area (Å²) in [6.07, 6.45) is -4.91. The minimum atomic E-state index is -4.91. The molecule has 0 fully saturated rings. The first-order valence-electron chi connectivity index (χ1n) is 6.02. The van der Waals surface area contributed by atoms with Crippen molar-refractivity contribution in [3.63, 3.8) is 0 Å². The predicted octanol–water partition coefficient (Wildman–Crippen LogP) is 4.37. The van der Waals surface area contributed by atoms with Crippen molar-refractivity contribution in [3.8, 4) is 5.75 Å². The van der Waals surface area contributed by atoms with Gasteiger partial charge in [-0.25, -0.2) is 0 Å². The summed E-state index contributed by atoms with van der Waals surface area (Å²) in [7, 11) is 0. The van der Waals surface area contributed by atoms with Gasteiger partial charge in [0, 0.05) is 5.56 Å². The van der Waals surface area contributed by atoms with Gasteiger partial charge in [0.05, 0.1) is 10.6 Å². The molecule has 0 saturated heterocycles. The van der Waals surface area contributed by atoms with Crippen LogP contribution in [0.2, 0.25) is 5.02 Å². The highest BCUT2D eigenvalue weighted by atomic mass is 35.5. The average Bonchev–Trinajstić information content (AvgIpc) is 2.75. The van der Waals surface area contributed by atoms with Crippen molar-refractivity contribution >= 4 is 17.4 Å². The van der Waals surface area contributed by atoms with E-state index < -0.39 is 17.6 Å². The fraction of sp³-hybridized carbons (Fsp3) is 0.133. The highest BCUT2D eigenvalue weighted by Crippen LogP contribution is 2.52. The standard InChI is InChI=1S/C15H8ClF3O2/c16-10-7-4-8-11-12(10)13(20)14(21-11,15(17,18)19)9-5-2-1-3-6-9/h1-8H. The fourth-order valence-corrected chi connectivity index (χ4v) is 2.66. The molecule has 0 N–H and O–H groups in total. The molecular weight excluding hydrogens is 305 g/mol. The van der Waals surface area contributed by atoms with Gasteiger partial charge in [-0.2, -0.15) is 13.2 Å². The Morgan fingerprint density at radius 3 is 2.24 bits per heavy atom. The van der Waals surface area contributed by atoms with E-state index in [0.717, 1.165) is 0 Å². The van der Waals surface area contributed by atoms with Crippen LogP contribution in [0.4, 0.5) is 13.2 Å². The van der Waals surface area contributed by atoms with E-state index in [4.69, 9.17) is 16.3 Å². The Kier molecular flexibility index (Phi) is 2.99. The first-order valence-corrected chi connectivity index (χ1v) is 6.40. The number of carbonyl (C=O) groups is 1. The summed E-state index contributed by atoms with van der Waals surface area (Å²) < 4.78 is 46.1. The zero-order chi connectivity index (χ0) is 15.3. The van der Waals surface area contributed by atoms with E-state index in [-0.39, 0.29) is 21.9 Å². The van der Waals surface area contributed by atoms with Crippen LogP contribution >= 0.6 is 11.6 Å². The monoisotopic (exact) mass is 312 g/mol. The van der Waals surface area contributed by atoms with Crippen LogP contribution in [-0.2, 0) is 5.60 Å². The Balaban J connectivity index is 2.27. The number of rotatable bonds is 1. The molecule has 1 unspecified atom stereocenters. The third-order valence-electron chi connectivity index (χ3n) is 3.36. The maximum absolute atomic E-state index is 13.7. The van der Waals surface area contributed by atoms with Crippen LogP contribution < -0.4 is 4.74 Å². The van der Waals surface area contributed by atoms with E-state index in [9.17, 15) is 18.0 Å². The van der Waals surface area contributed by atoms with Gasteiger partial charge in [0.25, 0.3) is 5.60 Å². The lowest BCUT2D eigenvalue weighted by molar-refractivity contribution is -0.228. The van der Waals surface area contributed by atoms with Gasteiger partial charge < -0.3 is 4.74 Å². The number of ketones is 1. The molecule has 2 aromatic rings. The van der Waals surface area contributed by atoms with E-state index in [1.807, 2.05) is 0 Å². The van der Waals surface area contributed by atoms with E-state index in [0.29, 0.717) is 0 Å². The number of alkyl halides is 3. The number of Topliss-reactive ketones (excluding diaryl/α,β-unsaturated/α-hetero) is 1. The van der Waals surface area contributed by atoms with Crippen molar-refractivity contribution in [2.75, 3.05) is 0 Å². The molecule has 0 aromatic heterocycles. The van der Waals surface area contributed by atoms with E-state index in [1.54, 1.807) is 6.07 Å². The lowest BCUT2D eigenvalue weighted by Crippen LogP contribution is -2.50. The van der Waals surface area contributed by atoms with Gasteiger partial charge in [0.15, 0.2) is 0 Å².